The SMILES string of the molecule is CC(C)NC(=O)CSc1ncc(-c2ccccc2)n1C[C@H]1CCCO1. The van der Waals surface area contributed by atoms with E-state index in [0.717, 1.165) is 42.4 Å². The summed E-state index contributed by atoms with van der Waals surface area (Å²) >= 11 is 1.48. The minimum absolute atomic E-state index is 0.0351. The van der Waals surface area contributed by atoms with E-state index in [9.17, 15) is 4.79 Å². The quantitative estimate of drug-likeness (QED) is 0.770. The molecule has 2 heterocycles. The molecule has 0 radical (unpaired) electrons. The highest BCUT2D eigenvalue weighted by atomic mass is 32.2. The molecule has 0 aliphatic carbocycles. The average Bonchev–Trinajstić information content (AvgIpc) is 3.24. The summed E-state index contributed by atoms with van der Waals surface area (Å²) in [5, 5.41) is 3.79. The molecule has 1 aliphatic heterocycles. The number of hydrogen-bond donors (Lipinski definition) is 1. The molecule has 1 saturated heterocycles. The standard InChI is InChI=1S/C19H25N3O2S/c1-14(2)21-18(23)13-25-19-20-11-17(15-7-4-3-5-8-15)22(19)12-16-9-6-10-24-16/h3-5,7-8,11,14,16H,6,9-10,12-13H2,1-2H3,(H,21,23)/t16-/m1/s1. The average molecular weight is 359 g/mol. The van der Waals surface area contributed by atoms with Crippen molar-refractivity contribution in [1.82, 2.24) is 14.9 Å². The molecule has 1 amide bonds. The Bertz CT molecular complexity index is 694. The summed E-state index contributed by atoms with van der Waals surface area (Å²) in [4.78, 5) is 16.5. The number of imidazole rings is 1. The van der Waals surface area contributed by atoms with Crippen molar-refractivity contribution in [3.63, 3.8) is 0 Å². The number of ether oxygens (including phenoxy) is 1. The van der Waals surface area contributed by atoms with E-state index >= 15 is 0 Å². The van der Waals surface area contributed by atoms with E-state index in [0.29, 0.717) is 5.75 Å². The van der Waals surface area contributed by atoms with Crippen molar-refractivity contribution in [3.8, 4) is 11.3 Å². The Labute approximate surface area is 153 Å². The molecule has 1 atom stereocenters. The number of carbonyl (C=O) groups is 1. The number of amides is 1. The second kappa shape index (κ2) is 8.54. The Balaban J connectivity index is 1.79. The summed E-state index contributed by atoms with van der Waals surface area (Å²) in [6, 6.07) is 10.4. The molecular weight excluding hydrogens is 334 g/mol. The number of nitrogens with one attached hydrogen (secondary N) is 1. The molecule has 1 aliphatic rings. The Morgan fingerprint density at radius 2 is 2.20 bits per heavy atom. The molecule has 25 heavy (non-hydrogen) atoms. The molecule has 6 heteroatoms. The van der Waals surface area contributed by atoms with Gasteiger partial charge in [0.25, 0.3) is 0 Å². The summed E-state index contributed by atoms with van der Waals surface area (Å²) in [5.41, 5.74) is 2.20. The van der Waals surface area contributed by atoms with Gasteiger partial charge in [-0.15, -0.1) is 0 Å². The Morgan fingerprint density at radius 1 is 1.40 bits per heavy atom. The molecule has 134 valence electrons. The Kier molecular flexibility index (Phi) is 6.15. The van der Waals surface area contributed by atoms with Crippen molar-refractivity contribution < 1.29 is 9.53 Å². The molecule has 0 saturated carbocycles. The van der Waals surface area contributed by atoms with Crippen molar-refractivity contribution >= 4 is 17.7 Å². The first kappa shape index (κ1) is 18.0. The van der Waals surface area contributed by atoms with E-state index in [1.807, 2.05) is 38.2 Å². The largest absolute Gasteiger partial charge is 0.376 e. The van der Waals surface area contributed by atoms with Gasteiger partial charge in [-0.3, -0.25) is 4.79 Å². The van der Waals surface area contributed by atoms with Crippen LogP contribution in [0, 0.1) is 0 Å². The van der Waals surface area contributed by atoms with Gasteiger partial charge in [0.1, 0.15) is 0 Å². The van der Waals surface area contributed by atoms with Gasteiger partial charge in [-0.1, -0.05) is 42.1 Å². The third-order valence-electron chi connectivity index (χ3n) is 4.08. The van der Waals surface area contributed by atoms with Crippen molar-refractivity contribution in [1.29, 1.82) is 0 Å². The van der Waals surface area contributed by atoms with Gasteiger partial charge in [0.15, 0.2) is 5.16 Å². The predicted molar refractivity (Wildman–Crippen MR) is 101 cm³/mol. The van der Waals surface area contributed by atoms with Crippen LogP contribution in [-0.2, 0) is 16.1 Å². The number of thioether (sulfide) groups is 1. The number of aromatic nitrogens is 2. The molecule has 0 unspecified atom stereocenters. The normalized spacial score (nSPS) is 17.2. The molecule has 1 aromatic heterocycles. The zero-order valence-corrected chi connectivity index (χ0v) is 15.6. The van der Waals surface area contributed by atoms with Crippen LogP contribution in [-0.4, -0.2) is 40.0 Å². The number of benzene rings is 1. The lowest BCUT2D eigenvalue weighted by Crippen LogP contribution is -2.31. The highest BCUT2D eigenvalue weighted by molar-refractivity contribution is 7.99. The summed E-state index contributed by atoms with van der Waals surface area (Å²) in [6.07, 6.45) is 4.30. The number of carbonyl (C=O) groups excluding carboxylic acids is 1. The second-order valence-electron chi connectivity index (χ2n) is 6.55. The number of nitrogens with zero attached hydrogens (tertiary/aromatic N) is 2. The lowest BCUT2D eigenvalue weighted by molar-refractivity contribution is -0.119. The monoisotopic (exact) mass is 359 g/mol. The molecule has 1 fully saturated rings. The number of rotatable bonds is 7. The predicted octanol–water partition coefficient (Wildman–Crippen LogP) is 3.35. The van der Waals surface area contributed by atoms with Crippen molar-refractivity contribution in [2.24, 2.45) is 0 Å². The van der Waals surface area contributed by atoms with Crippen LogP contribution in [0.5, 0.6) is 0 Å². The van der Waals surface area contributed by atoms with Crippen molar-refractivity contribution in [2.75, 3.05) is 12.4 Å². The van der Waals surface area contributed by atoms with E-state index in [-0.39, 0.29) is 18.1 Å². The highest BCUT2D eigenvalue weighted by Crippen LogP contribution is 2.28. The van der Waals surface area contributed by atoms with Crippen LogP contribution in [0.3, 0.4) is 0 Å². The molecule has 1 N–H and O–H groups in total. The van der Waals surface area contributed by atoms with E-state index < -0.39 is 0 Å². The molecule has 0 bridgehead atoms. The minimum atomic E-state index is 0.0351. The molecule has 1 aromatic carbocycles. The smallest absolute Gasteiger partial charge is 0.230 e. The van der Waals surface area contributed by atoms with Gasteiger partial charge in [-0.2, -0.15) is 0 Å². The third-order valence-corrected chi connectivity index (χ3v) is 5.07. The first-order chi connectivity index (χ1) is 12.1. The van der Waals surface area contributed by atoms with Crippen LogP contribution in [0.1, 0.15) is 26.7 Å². The van der Waals surface area contributed by atoms with Gasteiger partial charge in [-0.05, 0) is 32.3 Å². The van der Waals surface area contributed by atoms with Crippen LogP contribution in [0.25, 0.3) is 11.3 Å². The summed E-state index contributed by atoms with van der Waals surface area (Å²) < 4.78 is 8.01. The lowest BCUT2D eigenvalue weighted by atomic mass is 10.1. The maximum absolute atomic E-state index is 12.0. The van der Waals surface area contributed by atoms with Gasteiger partial charge in [0, 0.05) is 12.6 Å². The highest BCUT2D eigenvalue weighted by Gasteiger charge is 2.21. The Morgan fingerprint density at radius 3 is 2.88 bits per heavy atom. The van der Waals surface area contributed by atoms with Crippen molar-refractivity contribution in [2.45, 2.75) is 50.5 Å². The lowest BCUT2D eigenvalue weighted by Gasteiger charge is -2.16. The number of hydrogen-bond acceptors (Lipinski definition) is 4. The van der Waals surface area contributed by atoms with Gasteiger partial charge in [0.2, 0.25) is 5.91 Å². The third kappa shape index (κ3) is 4.86. The zero-order valence-electron chi connectivity index (χ0n) is 14.8. The maximum atomic E-state index is 12.0. The molecular formula is C19H25N3O2S. The van der Waals surface area contributed by atoms with Crippen molar-refractivity contribution in [3.05, 3.63) is 36.5 Å². The van der Waals surface area contributed by atoms with Crippen LogP contribution in [0.4, 0.5) is 0 Å². The first-order valence-electron chi connectivity index (χ1n) is 8.78. The molecule has 5 nitrogen and oxygen atoms in total. The van der Waals surface area contributed by atoms with E-state index in [4.69, 9.17) is 4.74 Å². The first-order valence-corrected chi connectivity index (χ1v) is 9.76. The van der Waals surface area contributed by atoms with Gasteiger partial charge in [0.05, 0.1) is 30.3 Å². The summed E-state index contributed by atoms with van der Waals surface area (Å²) in [6.45, 7) is 5.54. The van der Waals surface area contributed by atoms with E-state index in [1.165, 1.54) is 11.8 Å². The molecule has 0 spiro atoms. The van der Waals surface area contributed by atoms with Gasteiger partial charge in [-0.25, -0.2) is 4.98 Å². The minimum Gasteiger partial charge on any atom is -0.376 e. The van der Waals surface area contributed by atoms with Gasteiger partial charge >= 0.3 is 0 Å². The fourth-order valence-corrected chi connectivity index (χ4v) is 3.77. The van der Waals surface area contributed by atoms with Crippen LogP contribution in [0.15, 0.2) is 41.7 Å². The van der Waals surface area contributed by atoms with Crippen LogP contribution >= 0.6 is 11.8 Å². The van der Waals surface area contributed by atoms with Crippen LogP contribution < -0.4 is 5.32 Å². The fraction of sp³-hybridized carbons (Fsp3) is 0.474. The molecule has 2 aromatic rings. The Hall–Kier alpha value is -1.79. The topological polar surface area (TPSA) is 56.2 Å². The zero-order chi connectivity index (χ0) is 17.6. The van der Waals surface area contributed by atoms with E-state index in [2.05, 4.69) is 27.0 Å². The maximum Gasteiger partial charge on any atom is 0.230 e. The van der Waals surface area contributed by atoms with E-state index in [1.54, 1.807) is 0 Å². The fourth-order valence-electron chi connectivity index (χ4n) is 2.98. The van der Waals surface area contributed by atoms with Gasteiger partial charge < -0.3 is 14.6 Å². The molecule has 3 rings (SSSR count). The second-order valence-corrected chi connectivity index (χ2v) is 7.49. The van der Waals surface area contributed by atoms with Crippen LogP contribution in [0.2, 0.25) is 0 Å². The summed E-state index contributed by atoms with van der Waals surface area (Å²) in [7, 11) is 0. The summed E-state index contributed by atoms with van der Waals surface area (Å²) in [5.74, 6) is 0.405.